The molecule has 4 aromatic rings. The molecule has 0 saturated carbocycles. The van der Waals surface area contributed by atoms with Crippen molar-refractivity contribution < 1.29 is 9.53 Å². The van der Waals surface area contributed by atoms with E-state index in [2.05, 4.69) is 79.9 Å². The maximum Gasteiger partial charge on any atom is 0.341 e. The number of pyridine rings is 1. The van der Waals surface area contributed by atoms with Crippen molar-refractivity contribution in [1.82, 2.24) is 9.55 Å². The summed E-state index contributed by atoms with van der Waals surface area (Å²) in [4.78, 5) is 20.8. The molecule has 3 heterocycles. The number of hydrogen-bond donors (Lipinski definition) is 0. The summed E-state index contributed by atoms with van der Waals surface area (Å²) in [6, 6.07) is 18.8. The van der Waals surface area contributed by atoms with Crippen molar-refractivity contribution in [2.75, 3.05) is 18.0 Å². The van der Waals surface area contributed by atoms with Crippen LogP contribution in [-0.4, -0.2) is 28.6 Å². The van der Waals surface area contributed by atoms with Crippen LogP contribution in [0.25, 0.3) is 10.9 Å². The number of carbonyl (C=O) groups excluding carboxylic acids is 1. The highest BCUT2D eigenvalue weighted by Gasteiger charge is 2.52. The molecule has 5 nitrogen and oxygen atoms in total. The van der Waals surface area contributed by atoms with Crippen LogP contribution in [0.4, 0.5) is 5.69 Å². The van der Waals surface area contributed by atoms with Crippen LogP contribution < -0.4 is 4.90 Å². The van der Waals surface area contributed by atoms with Crippen molar-refractivity contribution in [1.29, 1.82) is 0 Å². The molecule has 0 spiro atoms. The maximum atomic E-state index is 13.4. The van der Waals surface area contributed by atoms with Crippen LogP contribution in [0, 0.1) is 0 Å². The van der Waals surface area contributed by atoms with E-state index >= 15 is 0 Å². The van der Waals surface area contributed by atoms with Crippen molar-refractivity contribution in [3.63, 3.8) is 0 Å². The summed E-state index contributed by atoms with van der Waals surface area (Å²) in [6.07, 6.45) is 11.7. The Morgan fingerprint density at radius 3 is 2.38 bits per heavy atom. The first-order chi connectivity index (χ1) is 19.0. The highest BCUT2D eigenvalue weighted by Crippen LogP contribution is 2.50. The normalized spacial score (nSPS) is 16.5. The second kappa shape index (κ2) is 11.6. The van der Waals surface area contributed by atoms with Crippen LogP contribution in [0.2, 0.25) is 0 Å². The number of cyclic esters (lactones) is 1. The highest BCUT2D eigenvalue weighted by atomic mass is 16.6. The number of ether oxygens (including phenoxy) is 1. The van der Waals surface area contributed by atoms with Crippen LogP contribution in [0.3, 0.4) is 0 Å². The lowest BCUT2D eigenvalue weighted by atomic mass is 9.79. The SMILES string of the molecule is CCCCc1cc(N(CCCC)CCCC)ccc1C1(c2cn(C)c3ccccc23)OC(=O)c2cccnc21. The third kappa shape index (κ3) is 4.84. The van der Waals surface area contributed by atoms with Crippen LogP contribution >= 0.6 is 0 Å². The monoisotopic (exact) mass is 523 g/mol. The van der Waals surface area contributed by atoms with Gasteiger partial charge in [0.05, 0.1) is 5.56 Å². The van der Waals surface area contributed by atoms with Gasteiger partial charge in [0, 0.05) is 60.2 Å². The van der Waals surface area contributed by atoms with Gasteiger partial charge < -0.3 is 14.2 Å². The van der Waals surface area contributed by atoms with Crippen molar-refractivity contribution in [2.45, 2.75) is 71.3 Å². The zero-order valence-electron chi connectivity index (χ0n) is 23.9. The summed E-state index contributed by atoms with van der Waals surface area (Å²) in [5.41, 5.74) is 5.70. The first kappa shape index (κ1) is 27.0. The molecule has 0 radical (unpaired) electrons. The minimum Gasteiger partial charge on any atom is -0.439 e. The summed E-state index contributed by atoms with van der Waals surface area (Å²) in [5, 5.41) is 1.07. The molecule has 204 valence electrons. The van der Waals surface area contributed by atoms with E-state index in [1.807, 2.05) is 18.2 Å². The Labute approximate surface area is 232 Å². The van der Waals surface area contributed by atoms with Gasteiger partial charge in [0.25, 0.3) is 0 Å². The number of hydrogen-bond acceptors (Lipinski definition) is 4. The number of esters is 1. The predicted molar refractivity (Wildman–Crippen MR) is 160 cm³/mol. The molecule has 0 saturated heterocycles. The Hall–Kier alpha value is -3.60. The average molecular weight is 524 g/mol. The molecular weight excluding hydrogens is 482 g/mol. The third-order valence-electron chi connectivity index (χ3n) is 8.08. The van der Waals surface area contributed by atoms with Crippen molar-refractivity contribution in [2.24, 2.45) is 7.05 Å². The van der Waals surface area contributed by atoms with E-state index < -0.39 is 5.60 Å². The molecule has 0 amide bonds. The summed E-state index contributed by atoms with van der Waals surface area (Å²) in [7, 11) is 2.05. The van der Waals surface area contributed by atoms with Gasteiger partial charge >= 0.3 is 5.97 Å². The van der Waals surface area contributed by atoms with Crippen LogP contribution in [0.1, 0.15) is 92.0 Å². The lowest BCUT2D eigenvalue weighted by molar-refractivity contribution is 0.0245. The minimum atomic E-state index is -1.10. The van der Waals surface area contributed by atoms with Gasteiger partial charge in [-0.2, -0.15) is 0 Å². The van der Waals surface area contributed by atoms with Crippen molar-refractivity contribution >= 4 is 22.6 Å². The molecule has 0 N–H and O–H groups in total. The Bertz CT molecular complexity index is 1450. The number of fused-ring (bicyclic) bond motifs is 2. The summed E-state index contributed by atoms with van der Waals surface area (Å²) >= 11 is 0. The van der Waals surface area contributed by atoms with E-state index in [1.54, 1.807) is 6.20 Å². The summed E-state index contributed by atoms with van der Waals surface area (Å²) in [5.74, 6) is -0.316. The lowest BCUT2D eigenvalue weighted by Gasteiger charge is -2.32. The van der Waals surface area contributed by atoms with E-state index in [9.17, 15) is 4.79 Å². The Balaban J connectivity index is 1.76. The Morgan fingerprint density at radius 2 is 1.64 bits per heavy atom. The molecular formula is C34H41N3O2. The number of aromatic nitrogens is 2. The standard InChI is InChI=1S/C34H41N3O2/c1-5-8-14-25-23-26(37(21-9-6-2)22-10-7-3)18-19-29(25)34(32-28(33(38)39-34)16-13-20-35-32)30-24-36(4)31-17-12-11-15-27(30)31/h11-13,15-20,23-24H,5-10,14,21-22H2,1-4H3. The summed E-state index contributed by atoms with van der Waals surface area (Å²) < 4.78 is 8.66. The molecule has 1 aliphatic heterocycles. The molecule has 0 bridgehead atoms. The smallest absolute Gasteiger partial charge is 0.341 e. The van der Waals surface area contributed by atoms with Crippen molar-refractivity contribution in [3.8, 4) is 0 Å². The van der Waals surface area contributed by atoms with E-state index in [1.165, 1.54) is 36.9 Å². The molecule has 2 aromatic heterocycles. The van der Waals surface area contributed by atoms with Gasteiger partial charge in [0.2, 0.25) is 5.60 Å². The molecule has 1 unspecified atom stereocenters. The number of nitrogens with zero attached hydrogens (tertiary/aromatic N) is 3. The number of aryl methyl sites for hydroxylation is 2. The molecule has 5 heteroatoms. The van der Waals surface area contributed by atoms with Gasteiger partial charge in [-0.3, -0.25) is 4.98 Å². The number of anilines is 1. The second-order valence-corrected chi connectivity index (χ2v) is 10.8. The number of para-hydroxylation sites is 1. The number of unbranched alkanes of at least 4 members (excludes halogenated alkanes) is 3. The van der Waals surface area contributed by atoms with Gasteiger partial charge in [-0.05, 0) is 61.6 Å². The fourth-order valence-corrected chi connectivity index (χ4v) is 5.99. The van der Waals surface area contributed by atoms with E-state index in [-0.39, 0.29) is 5.97 Å². The first-order valence-electron chi connectivity index (χ1n) is 14.7. The van der Waals surface area contributed by atoms with Crippen LogP contribution in [0.15, 0.2) is 67.0 Å². The molecule has 5 rings (SSSR count). The molecule has 39 heavy (non-hydrogen) atoms. The average Bonchev–Trinajstić information content (AvgIpc) is 3.46. The van der Waals surface area contributed by atoms with Gasteiger partial charge in [-0.15, -0.1) is 0 Å². The molecule has 2 aromatic carbocycles. The molecule has 1 aliphatic rings. The van der Waals surface area contributed by atoms with Crippen LogP contribution in [-0.2, 0) is 23.8 Å². The fourth-order valence-electron chi connectivity index (χ4n) is 5.99. The van der Waals surface area contributed by atoms with Crippen LogP contribution in [0.5, 0.6) is 0 Å². The van der Waals surface area contributed by atoms with E-state index in [0.29, 0.717) is 11.3 Å². The largest absolute Gasteiger partial charge is 0.439 e. The Kier molecular flexibility index (Phi) is 8.06. The highest BCUT2D eigenvalue weighted by molar-refractivity contribution is 5.97. The predicted octanol–water partition coefficient (Wildman–Crippen LogP) is 7.78. The summed E-state index contributed by atoms with van der Waals surface area (Å²) in [6.45, 7) is 8.83. The minimum absolute atomic E-state index is 0.316. The van der Waals surface area contributed by atoms with E-state index in [4.69, 9.17) is 9.72 Å². The van der Waals surface area contributed by atoms with Gasteiger partial charge in [0.15, 0.2) is 0 Å². The van der Waals surface area contributed by atoms with Gasteiger partial charge in [-0.1, -0.05) is 64.3 Å². The molecule has 1 atom stereocenters. The van der Waals surface area contributed by atoms with E-state index in [0.717, 1.165) is 54.4 Å². The maximum absolute atomic E-state index is 13.4. The first-order valence-corrected chi connectivity index (χ1v) is 14.7. The number of carbonyl (C=O) groups is 1. The lowest BCUT2D eigenvalue weighted by Crippen LogP contribution is -2.32. The molecule has 0 fully saturated rings. The number of benzene rings is 2. The Morgan fingerprint density at radius 1 is 0.897 bits per heavy atom. The quantitative estimate of drug-likeness (QED) is 0.178. The van der Waals surface area contributed by atoms with Gasteiger partial charge in [0.1, 0.15) is 5.69 Å². The van der Waals surface area contributed by atoms with Crippen molar-refractivity contribution in [3.05, 3.63) is 94.9 Å². The zero-order valence-corrected chi connectivity index (χ0v) is 23.9. The third-order valence-corrected chi connectivity index (χ3v) is 8.08. The number of rotatable bonds is 12. The van der Waals surface area contributed by atoms with Gasteiger partial charge in [-0.25, -0.2) is 4.79 Å². The molecule has 0 aliphatic carbocycles. The zero-order chi connectivity index (χ0) is 27.4. The fraction of sp³-hybridized carbons (Fsp3) is 0.412. The second-order valence-electron chi connectivity index (χ2n) is 10.8. The topological polar surface area (TPSA) is 47.4 Å².